The predicted octanol–water partition coefficient (Wildman–Crippen LogP) is 1.85. The molecule has 1 fully saturated rings. The lowest BCUT2D eigenvalue weighted by molar-refractivity contribution is -0.143. The van der Waals surface area contributed by atoms with Crippen LogP contribution in [0, 0.1) is 0 Å². The van der Waals surface area contributed by atoms with E-state index in [1.54, 1.807) is 25.1 Å². The Labute approximate surface area is 246 Å². The average molecular weight is 623 g/mol. The monoisotopic (exact) mass is 622 g/mol. The highest BCUT2D eigenvalue weighted by molar-refractivity contribution is 7.89. The molecule has 12 nitrogen and oxygen atoms in total. The summed E-state index contributed by atoms with van der Waals surface area (Å²) in [6.45, 7) is 3.09. The number of hydrogen-bond acceptors (Lipinski definition) is 9. The van der Waals surface area contributed by atoms with Crippen LogP contribution in [-0.4, -0.2) is 103 Å². The minimum atomic E-state index is -3.99. The summed E-state index contributed by atoms with van der Waals surface area (Å²) in [5.74, 6) is -1.42. The molecule has 0 spiro atoms. The van der Waals surface area contributed by atoms with Gasteiger partial charge in [-0.2, -0.15) is 4.31 Å². The molecule has 0 radical (unpaired) electrons. The average Bonchev–Trinajstić information content (AvgIpc) is 3.56. The number of carbonyl (C=O) groups is 3. The fourth-order valence-electron chi connectivity index (χ4n) is 5.05. The lowest BCUT2D eigenvalue weighted by Crippen LogP contribution is -2.57. The Bertz CT molecular complexity index is 1590. The van der Waals surface area contributed by atoms with Crippen molar-refractivity contribution in [2.75, 3.05) is 46.4 Å². The summed E-state index contributed by atoms with van der Waals surface area (Å²) in [6.07, 6.45) is 0.546. The topological polar surface area (TPSA) is 145 Å². The lowest BCUT2D eigenvalue weighted by Gasteiger charge is -2.40. The van der Waals surface area contributed by atoms with Crippen molar-refractivity contribution < 1.29 is 27.5 Å². The van der Waals surface area contributed by atoms with E-state index in [1.165, 1.54) is 26.6 Å². The van der Waals surface area contributed by atoms with Crippen LogP contribution in [0.15, 0.2) is 29.3 Å². The lowest BCUT2D eigenvalue weighted by atomic mass is 10.1. The van der Waals surface area contributed by atoms with Gasteiger partial charge in [0.2, 0.25) is 5.91 Å². The summed E-state index contributed by atoms with van der Waals surface area (Å²) in [7, 11) is -1.98. The number of aromatic nitrogens is 2. The van der Waals surface area contributed by atoms with Gasteiger partial charge in [0.05, 0.1) is 18.3 Å². The van der Waals surface area contributed by atoms with Gasteiger partial charge in [-0.1, -0.05) is 11.6 Å². The molecule has 0 aliphatic carbocycles. The number of ether oxygens (including phenoxy) is 1. The number of carbonyl (C=O) groups excluding carboxylic acids is 3. The van der Waals surface area contributed by atoms with Gasteiger partial charge in [-0.15, -0.1) is 11.3 Å². The first-order chi connectivity index (χ1) is 19.5. The van der Waals surface area contributed by atoms with Crippen LogP contribution in [0.4, 0.5) is 0 Å². The third-order valence-electron chi connectivity index (χ3n) is 7.14. The number of amides is 2. The Hall–Kier alpha value is -3.04. The van der Waals surface area contributed by atoms with Crippen molar-refractivity contribution in [1.82, 2.24) is 29.4 Å². The van der Waals surface area contributed by atoms with E-state index in [1.807, 2.05) is 7.05 Å². The first kappa shape index (κ1) is 29.5. The quantitative estimate of drug-likeness (QED) is 0.362. The minimum Gasteiger partial charge on any atom is -0.465 e. The number of sulfonamides is 1. The van der Waals surface area contributed by atoms with E-state index in [2.05, 4.69) is 20.2 Å². The van der Waals surface area contributed by atoms with Crippen LogP contribution in [0.1, 0.15) is 33.7 Å². The Kier molecular flexibility index (Phi) is 8.66. The van der Waals surface area contributed by atoms with Crippen molar-refractivity contribution in [3.8, 4) is 0 Å². The first-order valence-corrected chi connectivity index (χ1v) is 15.9. The second-order valence-corrected chi connectivity index (χ2v) is 13.5. The van der Waals surface area contributed by atoms with Crippen LogP contribution >= 0.6 is 22.9 Å². The summed E-state index contributed by atoms with van der Waals surface area (Å²) in [6, 6.07) is 5.78. The number of fused-ring (bicyclic) bond motifs is 2. The zero-order valence-corrected chi connectivity index (χ0v) is 25.1. The Morgan fingerprint density at radius 3 is 2.80 bits per heavy atom. The fourth-order valence-corrected chi connectivity index (χ4v) is 7.86. The van der Waals surface area contributed by atoms with Crippen molar-refractivity contribution in [3.05, 3.63) is 44.9 Å². The van der Waals surface area contributed by atoms with Crippen LogP contribution in [0.3, 0.4) is 0 Å². The Morgan fingerprint density at radius 2 is 2.02 bits per heavy atom. The number of aromatic amines is 1. The van der Waals surface area contributed by atoms with Gasteiger partial charge in [-0.05, 0) is 38.2 Å². The molecule has 5 rings (SSSR count). The summed E-state index contributed by atoms with van der Waals surface area (Å²) < 4.78 is 33.4. The normalized spacial score (nSPS) is 18.3. The molecular formula is C26H31ClN6O6S2. The van der Waals surface area contributed by atoms with Gasteiger partial charge in [-0.25, -0.2) is 13.4 Å². The molecule has 2 aliphatic heterocycles. The van der Waals surface area contributed by atoms with Crippen LogP contribution in [-0.2, 0) is 37.3 Å². The van der Waals surface area contributed by atoms with Crippen molar-refractivity contribution in [3.63, 3.8) is 0 Å². The molecule has 2 amide bonds. The number of likely N-dealkylation sites (N-methyl/N-ethyl adjacent to an activating group) is 1. The number of nitrogens with zero attached hydrogens (tertiary/aromatic N) is 4. The maximum atomic E-state index is 13.7. The number of H-pyrrole nitrogens is 1. The van der Waals surface area contributed by atoms with Crippen molar-refractivity contribution in [1.29, 1.82) is 0 Å². The molecule has 2 aromatic heterocycles. The van der Waals surface area contributed by atoms with Gasteiger partial charge >= 0.3 is 5.97 Å². The first-order valence-electron chi connectivity index (χ1n) is 13.2. The third-order valence-corrected chi connectivity index (χ3v) is 10.2. The highest BCUT2D eigenvalue weighted by atomic mass is 35.5. The van der Waals surface area contributed by atoms with Gasteiger partial charge in [0.1, 0.15) is 11.6 Å². The van der Waals surface area contributed by atoms with Crippen LogP contribution in [0.5, 0.6) is 0 Å². The molecular weight excluding hydrogens is 592 g/mol. The number of piperazine rings is 1. The molecule has 41 heavy (non-hydrogen) atoms. The number of benzene rings is 1. The van der Waals surface area contributed by atoms with Crippen molar-refractivity contribution in [2.24, 2.45) is 0 Å². The zero-order chi connectivity index (χ0) is 29.3. The number of nitrogens with one attached hydrogen (secondary N) is 2. The Balaban J connectivity index is 1.38. The smallest absolute Gasteiger partial charge is 0.325 e. The van der Waals surface area contributed by atoms with Gasteiger partial charge < -0.3 is 24.8 Å². The van der Waals surface area contributed by atoms with E-state index >= 15 is 0 Å². The van der Waals surface area contributed by atoms with E-state index in [0.29, 0.717) is 27.5 Å². The second-order valence-electron chi connectivity index (χ2n) is 10.0. The SMILES string of the molecule is CCOC(=O)CNC(=O)CC1CN(S(=O)(=O)c2cc3cc(Cl)ccc3[nH]2)CCN1C(=O)c1nc2c(s1)CN(C)CC2. The van der Waals surface area contributed by atoms with Crippen LogP contribution < -0.4 is 5.32 Å². The molecule has 1 aromatic carbocycles. The summed E-state index contributed by atoms with van der Waals surface area (Å²) in [5.41, 5.74) is 1.52. The molecule has 3 aromatic rings. The van der Waals surface area contributed by atoms with Gasteiger partial charge in [-0.3, -0.25) is 14.4 Å². The third kappa shape index (κ3) is 6.41. The van der Waals surface area contributed by atoms with Gasteiger partial charge in [0.25, 0.3) is 15.9 Å². The molecule has 1 atom stereocenters. The molecule has 15 heteroatoms. The van der Waals surface area contributed by atoms with E-state index in [-0.39, 0.29) is 50.1 Å². The maximum absolute atomic E-state index is 13.7. The van der Waals surface area contributed by atoms with E-state index in [0.717, 1.165) is 23.5 Å². The number of hydrogen-bond donors (Lipinski definition) is 2. The molecule has 0 saturated carbocycles. The minimum absolute atomic E-state index is 0.00299. The number of halogens is 1. The fraction of sp³-hybridized carbons (Fsp3) is 0.462. The van der Waals surface area contributed by atoms with E-state index in [9.17, 15) is 22.8 Å². The molecule has 2 aliphatic rings. The van der Waals surface area contributed by atoms with Crippen LogP contribution in [0.25, 0.3) is 10.9 Å². The molecule has 220 valence electrons. The highest BCUT2D eigenvalue weighted by Gasteiger charge is 2.39. The molecule has 1 unspecified atom stereocenters. The molecule has 1 saturated heterocycles. The summed E-state index contributed by atoms with van der Waals surface area (Å²) >= 11 is 7.41. The van der Waals surface area contributed by atoms with E-state index < -0.39 is 27.9 Å². The summed E-state index contributed by atoms with van der Waals surface area (Å²) in [4.78, 5) is 50.5. The maximum Gasteiger partial charge on any atom is 0.325 e. The largest absolute Gasteiger partial charge is 0.465 e. The Morgan fingerprint density at radius 1 is 1.22 bits per heavy atom. The van der Waals surface area contributed by atoms with Crippen LogP contribution in [0.2, 0.25) is 5.02 Å². The molecule has 2 N–H and O–H groups in total. The predicted molar refractivity (Wildman–Crippen MR) is 153 cm³/mol. The zero-order valence-electron chi connectivity index (χ0n) is 22.7. The van der Waals surface area contributed by atoms with Gasteiger partial charge in [0, 0.05) is 66.4 Å². The number of esters is 1. The molecule has 4 heterocycles. The highest BCUT2D eigenvalue weighted by Crippen LogP contribution is 2.29. The summed E-state index contributed by atoms with van der Waals surface area (Å²) in [5, 5.41) is 3.97. The van der Waals surface area contributed by atoms with Crippen molar-refractivity contribution >= 4 is 61.6 Å². The number of thiazole rings is 1. The number of rotatable bonds is 8. The standard InChI is InChI=1S/C26H31ClN6O6S2/c1-3-39-24(35)13-28-22(34)12-18-14-32(41(37,38)23-11-16-10-17(27)4-5-19(16)29-23)8-9-33(18)26(36)25-30-20-6-7-31(2)15-21(20)40-25/h4-5,10-11,18,29H,3,6-9,12-15H2,1-2H3,(H,28,34). The van der Waals surface area contributed by atoms with E-state index in [4.69, 9.17) is 16.3 Å². The second kappa shape index (κ2) is 12.1. The van der Waals surface area contributed by atoms with Gasteiger partial charge in [0.15, 0.2) is 5.01 Å². The van der Waals surface area contributed by atoms with Crippen molar-refractivity contribution in [2.45, 2.75) is 37.4 Å². The molecule has 0 bridgehead atoms.